The highest BCUT2D eigenvalue weighted by Crippen LogP contribution is 2.07. The van der Waals surface area contributed by atoms with Gasteiger partial charge in [0, 0.05) is 18.6 Å². The molecule has 0 radical (unpaired) electrons. The van der Waals surface area contributed by atoms with Gasteiger partial charge >= 0.3 is 0 Å². The van der Waals surface area contributed by atoms with Gasteiger partial charge in [-0.15, -0.1) is 0 Å². The van der Waals surface area contributed by atoms with Gasteiger partial charge in [0.1, 0.15) is 9.84 Å². The van der Waals surface area contributed by atoms with E-state index in [0.717, 1.165) is 32.2 Å². The Morgan fingerprint density at radius 2 is 1.50 bits per heavy atom. The van der Waals surface area contributed by atoms with E-state index in [1.54, 1.807) is 0 Å². The molecule has 0 aromatic carbocycles. The molecule has 0 saturated carbocycles. The predicted molar refractivity (Wildman–Crippen MR) is 71.9 cm³/mol. The number of thiocarbonyl (C=S) groups is 1. The molecule has 0 amide bonds. The van der Waals surface area contributed by atoms with Gasteiger partial charge in [-0.1, -0.05) is 32.1 Å². The minimum atomic E-state index is -2.76. The third-order valence-electron chi connectivity index (χ3n) is 2.35. The van der Waals surface area contributed by atoms with Crippen LogP contribution >= 0.6 is 12.2 Å². The fourth-order valence-corrected chi connectivity index (χ4v) is 2.30. The highest BCUT2D eigenvalue weighted by atomic mass is 32.2. The maximum absolute atomic E-state index is 10.8. The van der Waals surface area contributed by atoms with Crippen molar-refractivity contribution in [3.8, 4) is 0 Å². The van der Waals surface area contributed by atoms with E-state index in [4.69, 9.17) is 0 Å². The van der Waals surface area contributed by atoms with Gasteiger partial charge < -0.3 is 0 Å². The molecule has 0 fully saturated rings. The highest BCUT2D eigenvalue weighted by molar-refractivity contribution is 7.90. The van der Waals surface area contributed by atoms with Gasteiger partial charge in [-0.05, 0) is 25.1 Å². The average Bonchev–Trinajstić information content (AvgIpc) is 2.19. The number of sulfone groups is 1. The molecule has 5 heteroatoms. The van der Waals surface area contributed by atoms with Crippen LogP contribution in [-0.2, 0) is 9.84 Å². The van der Waals surface area contributed by atoms with Crippen LogP contribution in [0.25, 0.3) is 0 Å². The summed E-state index contributed by atoms with van der Waals surface area (Å²) in [6.45, 7) is 0.789. The molecule has 0 atom stereocenters. The summed E-state index contributed by atoms with van der Waals surface area (Å²) in [6, 6.07) is 0. The van der Waals surface area contributed by atoms with Crippen LogP contribution in [0.1, 0.15) is 44.9 Å². The number of unbranched alkanes of at least 4 members (excludes halogenated alkanes) is 6. The van der Waals surface area contributed by atoms with E-state index >= 15 is 0 Å². The zero-order chi connectivity index (χ0) is 12.3. The molecule has 0 spiro atoms. The Bertz CT molecular complexity index is 306. The molecule has 0 bridgehead atoms. The lowest BCUT2D eigenvalue weighted by atomic mass is 10.1. The van der Waals surface area contributed by atoms with Crippen LogP contribution in [0.4, 0.5) is 0 Å². The lowest BCUT2D eigenvalue weighted by Gasteiger charge is -2.00. The minimum Gasteiger partial charge on any atom is -0.233 e. The molecule has 0 aromatic rings. The molecule has 0 N–H and O–H groups in total. The van der Waals surface area contributed by atoms with Crippen LogP contribution < -0.4 is 0 Å². The second kappa shape index (κ2) is 9.94. The van der Waals surface area contributed by atoms with E-state index in [-0.39, 0.29) is 0 Å². The first-order chi connectivity index (χ1) is 7.56. The third kappa shape index (κ3) is 13.8. The monoisotopic (exact) mass is 263 g/mol. The summed E-state index contributed by atoms with van der Waals surface area (Å²) in [4.78, 5) is 3.84. The fraction of sp³-hybridized carbons (Fsp3) is 0.909. The Labute approximate surface area is 104 Å². The van der Waals surface area contributed by atoms with Crippen molar-refractivity contribution in [2.75, 3.05) is 18.6 Å². The summed E-state index contributed by atoms with van der Waals surface area (Å²) in [7, 11) is -2.76. The Kier molecular flexibility index (Phi) is 9.78. The molecular formula is C11H21NO2S2. The molecule has 0 aromatic heterocycles. The lowest BCUT2D eigenvalue weighted by molar-refractivity contribution is 0.579. The Morgan fingerprint density at radius 3 is 2.00 bits per heavy atom. The van der Waals surface area contributed by atoms with Crippen molar-refractivity contribution in [2.24, 2.45) is 4.99 Å². The van der Waals surface area contributed by atoms with E-state index in [0.29, 0.717) is 5.75 Å². The first-order valence-electron chi connectivity index (χ1n) is 5.77. The SMILES string of the molecule is CS(=O)(=O)CCCCCCCCCN=C=S. The van der Waals surface area contributed by atoms with Crippen molar-refractivity contribution >= 4 is 27.2 Å². The van der Waals surface area contributed by atoms with Gasteiger partial charge in [0.15, 0.2) is 0 Å². The number of hydrogen-bond acceptors (Lipinski definition) is 4. The maximum Gasteiger partial charge on any atom is 0.147 e. The Hall–Kier alpha value is -0.250. The van der Waals surface area contributed by atoms with Gasteiger partial charge in [0.25, 0.3) is 0 Å². The van der Waals surface area contributed by atoms with Gasteiger partial charge in [-0.2, -0.15) is 0 Å². The zero-order valence-electron chi connectivity index (χ0n) is 9.94. The molecule has 0 unspecified atom stereocenters. The van der Waals surface area contributed by atoms with Crippen LogP contribution in [0.2, 0.25) is 0 Å². The van der Waals surface area contributed by atoms with Crippen molar-refractivity contribution in [1.29, 1.82) is 0 Å². The van der Waals surface area contributed by atoms with E-state index in [1.807, 2.05) is 0 Å². The van der Waals surface area contributed by atoms with Crippen molar-refractivity contribution in [3.05, 3.63) is 0 Å². The number of aliphatic imine (C=N–C) groups is 1. The largest absolute Gasteiger partial charge is 0.233 e. The fourth-order valence-electron chi connectivity index (χ4n) is 1.48. The van der Waals surface area contributed by atoms with E-state index in [2.05, 4.69) is 22.4 Å². The van der Waals surface area contributed by atoms with Gasteiger partial charge in [0.2, 0.25) is 0 Å². The standard InChI is InChI=1S/C11H21NO2S2/c1-16(13,14)10-8-6-4-2-3-5-7-9-12-11-15/h2-10H2,1H3. The molecule has 0 aliphatic rings. The van der Waals surface area contributed by atoms with Crippen molar-refractivity contribution < 1.29 is 8.42 Å². The smallest absolute Gasteiger partial charge is 0.147 e. The van der Waals surface area contributed by atoms with Crippen LogP contribution in [-0.4, -0.2) is 32.1 Å². The van der Waals surface area contributed by atoms with Crippen molar-refractivity contribution in [2.45, 2.75) is 44.9 Å². The summed E-state index contributed by atoms with van der Waals surface area (Å²) < 4.78 is 21.7. The molecular weight excluding hydrogens is 242 g/mol. The first kappa shape index (κ1) is 15.8. The number of rotatable bonds is 10. The quantitative estimate of drug-likeness (QED) is 0.346. The van der Waals surface area contributed by atoms with E-state index in [1.165, 1.54) is 25.5 Å². The molecule has 0 saturated heterocycles. The first-order valence-corrected chi connectivity index (χ1v) is 8.24. The van der Waals surface area contributed by atoms with Gasteiger partial charge in [-0.3, -0.25) is 0 Å². The topological polar surface area (TPSA) is 46.5 Å². The second-order valence-corrected chi connectivity index (χ2v) is 6.52. The maximum atomic E-state index is 10.8. The summed E-state index contributed by atoms with van der Waals surface area (Å²) in [5.74, 6) is 0.330. The zero-order valence-corrected chi connectivity index (χ0v) is 11.6. The van der Waals surface area contributed by atoms with Crippen LogP contribution in [0.3, 0.4) is 0 Å². The summed E-state index contributed by atoms with van der Waals surface area (Å²) in [5, 5.41) is 2.35. The van der Waals surface area contributed by atoms with Crippen LogP contribution in [0.5, 0.6) is 0 Å². The summed E-state index contributed by atoms with van der Waals surface area (Å²) >= 11 is 4.46. The minimum absolute atomic E-state index is 0.330. The number of isothiocyanates is 1. The Balaban J connectivity index is 3.13. The Morgan fingerprint density at radius 1 is 1.00 bits per heavy atom. The molecule has 0 heterocycles. The van der Waals surface area contributed by atoms with Crippen molar-refractivity contribution in [1.82, 2.24) is 0 Å². The number of hydrogen-bond donors (Lipinski definition) is 0. The molecule has 0 aliphatic carbocycles. The van der Waals surface area contributed by atoms with Crippen LogP contribution in [0.15, 0.2) is 4.99 Å². The highest BCUT2D eigenvalue weighted by Gasteiger charge is 2.00. The predicted octanol–water partition coefficient (Wildman–Crippen LogP) is 2.86. The average molecular weight is 263 g/mol. The molecule has 0 aliphatic heterocycles. The normalized spacial score (nSPS) is 11.1. The van der Waals surface area contributed by atoms with Gasteiger partial charge in [0.05, 0.1) is 5.16 Å². The third-order valence-corrected chi connectivity index (χ3v) is 3.51. The molecule has 16 heavy (non-hydrogen) atoms. The molecule has 0 rings (SSSR count). The van der Waals surface area contributed by atoms with E-state index < -0.39 is 9.84 Å². The summed E-state index contributed by atoms with van der Waals surface area (Å²) in [5.41, 5.74) is 0. The summed E-state index contributed by atoms with van der Waals surface area (Å²) in [6.07, 6.45) is 8.88. The lowest BCUT2D eigenvalue weighted by Crippen LogP contribution is -2.02. The molecule has 3 nitrogen and oxygen atoms in total. The van der Waals surface area contributed by atoms with Gasteiger partial charge in [-0.25, -0.2) is 13.4 Å². The molecule has 94 valence electrons. The number of nitrogens with zero attached hydrogens (tertiary/aromatic N) is 1. The van der Waals surface area contributed by atoms with Crippen LogP contribution in [0, 0.1) is 0 Å². The van der Waals surface area contributed by atoms with Crippen molar-refractivity contribution in [3.63, 3.8) is 0 Å². The van der Waals surface area contributed by atoms with E-state index in [9.17, 15) is 8.42 Å². The second-order valence-electron chi connectivity index (χ2n) is 4.08.